The summed E-state index contributed by atoms with van der Waals surface area (Å²) in [4.78, 5) is 25.5. The van der Waals surface area contributed by atoms with Gasteiger partial charge < -0.3 is 25.0 Å². The molecular formula is C15H21N3O4. The molecule has 1 heterocycles. The first-order valence-electron chi connectivity index (χ1n) is 7.20. The molecule has 120 valence electrons. The van der Waals surface area contributed by atoms with Crippen molar-refractivity contribution in [1.82, 2.24) is 10.2 Å². The first-order chi connectivity index (χ1) is 10.6. The van der Waals surface area contributed by atoms with Crippen LogP contribution < -0.4 is 20.1 Å². The zero-order valence-corrected chi connectivity index (χ0v) is 12.8. The Kier molecular flexibility index (Phi) is 5.60. The van der Waals surface area contributed by atoms with Crippen LogP contribution in [0.25, 0.3) is 0 Å². The molecular weight excluding hydrogens is 286 g/mol. The van der Waals surface area contributed by atoms with E-state index < -0.39 is 11.8 Å². The Labute approximate surface area is 129 Å². The van der Waals surface area contributed by atoms with Crippen molar-refractivity contribution < 1.29 is 19.1 Å². The average molecular weight is 307 g/mol. The molecule has 7 heteroatoms. The lowest BCUT2D eigenvalue weighted by Crippen LogP contribution is -2.36. The molecule has 7 nitrogen and oxygen atoms in total. The van der Waals surface area contributed by atoms with Gasteiger partial charge in [0.2, 0.25) is 0 Å². The van der Waals surface area contributed by atoms with Crippen LogP contribution in [0.5, 0.6) is 11.5 Å². The molecule has 22 heavy (non-hydrogen) atoms. The van der Waals surface area contributed by atoms with Crippen LogP contribution in [0.3, 0.4) is 0 Å². The second kappa shape index (κ2) is 7.65. The number of carbonyl (C=O) groups excluding carboxylic acids is 2. The average Bonchev–Trinajstić information content (AvgIpc) is 2.51. The number of ether oxygens (including phenoxy) is 2. The van der Waals surface area contributed by atoms with E-state index in [1.54, 1.807) is 18.2 Å². The van der Waals surface area contributed by atoms with E-state index in [1.165, 1.54) is 0 Å². The molecule has 0 spiro atoms. The van der Waals surface area contributed by atoms with E-state index >= 15 is 0 Å². The van der Waals surface area contributed by atoms with E-state index in [0.29, 0.717) is 36.9 Å². The van der Waals surface area contributed by atoms with Gasteiger partial charge in [0.15, 0.2) is 11.5 Å². The number of benzene rings is 1. The van der Waals surface area contributed by atoms with Gasteiger partial charge in [-0.1, -0.05) is 0 Å². The highest BCUT2D eigenvalue weighted by Crippen LogP contribution is 2.32. The van der Waals surface area contributed by atoms with Gasteiger partial charge >= 0.3 is 11.8 Å². The summed E-state index contributed by atoms with van der Waals surface area (Å²) in [5.41, 5.74) is 0.498. The summed E-state index contributed by atoms with van der Waals surface area (Å²) in [6.45, 7) is 2.29. The van der Waals surface area contributed by atoms with Gasteiger partial charge in [-0.25, -0.2) is 0 Å². The Bertz CT molecular complexity index is 546. The van der Waals surface area contributed by atoms with Crippen LogP contribution in [0.1, 0.15) is 6.42 Å². The van der Waals surface area contributed by atoms with E-state index in [9.17, 15) is 9.59 Å². The van der Waals surface area contributed by atoms with E-state index in [1.807, 2.05) is 19.0 Å². The van der Waals surface area contributed by atoms with Crippen LogP contribution in [-0.4, -0.2) is 57.1 Å². The number of hydrogen-bond donors (Lipinski definition) is 2. The minimum Gasteiger partial charge on any atom is -0.486 e. The second-order valence-corrected chi connectivity index (χ2v) is 5.23. The summed E-state index contributed by atoms with van der Waals surface area (Å²) in [7, 11) is 3.91. The van der Waals surface area contributed by atoms with Gasteiger partial charge in [0.25, 0.3) is 0 Å². The van der Waals surface area contributed by atoms with Crippen molar-refractivity contribution in [2.24, 2.45) is 0 Å². The van der Waals surface area contributed by atoms with Gasteiger partial charge in [-0.2, -0.15) is 0 Å². The van der Waals surface area contributed by atoms with E-state index in [4.69, 9.17) is 9.47 Å². The number of anilines is 1. The molecule has 0 aromatic heterocycles. The molecule has 2 N–H and O–H groups in total. The summed E-state index contributed by atoms with van der Waals surface area (Å²) in [5, 5.41) is 5.13. The Hall–Kier alpha value is -2.28. The maximum Gasteiger partial charge on any atom is 0.313 e. The molecule has 1 aliphatic rings. The van der Waals surface area contributed by atoms with Gasteiger partial charge in [0.1, 0.15) is 13.2 Å². The zero-order chi connectivity index (χ0) is 15.9. The molecule has 0 fully saturated rings. The summed E-state index contributed by atoms with van der Waals surface area (Å²) in [6, 6.07) is 5.02. The minimum absolute atomic E-state index is 0.464. The molecule has 1 aromatic rings. The first kappa shape index (κ1) is 16.1. The van der Waals surface area contributed by atoms with Gasteiger partial charge in [0, 0.05) is 18.3 Å². The summed E-state index contributed by atoms with van der Waals surface area (Å²) in [5.74, 6) is -0.136. The monoisotopic (exact) mass is 307 g/mol. The van der Waals surface area contributed by atoms with Crippen molar-refractivity contribution in [1.29, 1.82) is 0 Å². The van der Waals surface area contributed by atoms with Gasteiger partial charge in [-0.15, -0.1) is 0 Å². The molecule has 0 radical (unpaired) electrons. The van der Waals surface area contributed by atoms with Crippen molar-refractivity contribution in [3.05, 3.63) is 18.2 Å². The normalized spacial score (nSPS) is 12.9. The maximum absolute atomic E-state index is 11.8. The lowest BCUT2D eigenvalue weighted by atomic mass is 10.2. The van der Waals surface area contributed by atoms with Gasteiger partial charge in [-0.3, -0.25) is 9.59 Å². The fourth-order valence-corrected chi connectivity index (χ4v) is 1.99. The number of rotatable bonds is 5. The quantitative estimate of drug-likeness (QED) is 0.610. The highest BCUT2D eigenvalue weighted by atomic mass is 16.6. The van der Waals surface area contributed by atoms with Crippen molar-refractivity contribution in [3.63, 3.8) is 0 Å². The van der Waals surface area contributed by atoms with E-state index in [-0.39, 0.29) is 0 Å². The van der Waals surface area contributed by atoms with Gasteiger partial charge in [0.05, 0.1) is 0 Å². The molecule has 0 atom stereocenters. The number of carbonyl (C=O) groups is 2. The number of fused-ring (bicyclic) bond motifs is 1. The topological polar surface area (TPSA) is 79.9 Å². The Morgan fingerprint density at radius 2 is 1.86 bits per heavy atom. The van der Waals surface area contributed by atoms with Crippen LogP contribution in [0.15, 0.2) is 18.2 Å². The molecule has 0 saturated carbocycles. The highest BCUT2D eigenvalue weighted by Gasteiger charge is 2.16. The third-order valence-corrected chi connectivity index (χ3v) is 3.07. The number of nitrogens with zero attached hydrogens (tertiary/aromatic N) is 1. The second-order valence-electron chi connectivity index (χ2n) is 5.23. The molecule has 1 aromatic carbocycles. The zero-order valence-electron chi connectivity index (χ0n) is 12.8. The van der Waals surface area contributed by atoms with Crippen molar-refractivity contribution in [2.45, 2.75) is 6.42 Å². The van der Waals surface area contributed by atoms with Crippen LogP contribution in [0, 0.1) is 0 Å². The smallest absolute Gasteiger partial charge is 0.313 e. The lowest BCUT2D eigenvalue weighted by molar-refractivity contribution is -0.136. The molecule has 2 rings (SSSR count). The van der Waals surface area contributed by atoms with E-state index in [0.717, 1.165) is 13.0 Å². The summed E-state index contributed by atoms with van der Waals surface area (Å²) < 4.78 is 10.8. The van der Waals surface area contributed by atoms with Crippen molar-refractivity contribution >= 4 is 17.5 Å². The fourth-order valence-electron chi connectivity index (χ4n) is 1.99. The summed E-state index contributed by atoms with van der Waals surface area (Å²) >= 11 is 0. The molecule has 1 aliphatic heterocycles. The van der Waals surface area contributed by atoms with Gasteiger partial charge in [-0.05, 0) is 39.2 Å². The highest BCUT2D eigenvalue weighted by molar-refractivity contribution is 6.39. The Morgan fingerprint density at radius 3 is 2.59 bits per heavy atom. The predicted octanol–water partition coefficient (Wildman–Crippen LogP) is 0.464. The van der Waals surface area contributed by atoms with Crippen LogP contribution in [0.4, 0.5) is 5.69 Å². The molecule has 2 amide bonds. The van der Waals surface area contributed by atoms with Crippen molar-refractivity contribution in [2.75, 3.05) is 45.7 Å². The predicted molar refractivity (Wildman–Crippen MR) is 82.2 cm³/mol. The van der Waals surface area contributed by atoms with Crippen LogP contribution >= 0.6 is 0 Å². The number of hydrogen-bond acceptors (Lipinski definition) is 5. The first-order valence-corrected chi connectivity index (χ1v) is 7.20. The third-order valence-electron chi connectivity index (χ3n) is 3.07. The molecule has 0 bridgehead atoms. The van der Waals surface area contributed by atoms with Crippen LogP contribution in [-0.2, 0) is 9.59 Å². The third kappa shape index (κ3) is 4.63. The number of amides is 2. The SMILES string of the molecule is CN(C)CCCNC(=O)C(=O)Nc1ccc2c(c1)OCCO2. The lowest BCUT2D eigenvalue weighted by Gasteiger charge is -2.18. The van der Waals surface area contributed by atoms with Crippen molar-refractivity contribution in [3.8, 4) is 11.5 Å². The maximum atomic E-state index is 11.8. The molecule has 0 aliphatic carbocycles. The Morgan fingerprint density at radius 1 is 1.14 bits per heavy atom. The van der Waals surface area contributed by atoms with Crippen LogP contribution in [0.2, 0.25) is 0 Å². The fraction of sp³-hybridized carbons (Fsp3) is 0.467. The largest absolute Gasteiger partial charge is 0.486 e. The standard InChI is InChI=1S/C15H21N3O4/c1-18(2)7-3-6-16-14(19)15(20)17-11-4-5-12-13(10-11)22-9-8-21-12/h4-5,10H,3,6-9H2,1-2H3,(H,16,19)(H,17,20). The minimum atomic E-state index is -0.693. The molecule has 0 saturated heterocycles. The Balaban J connectivity index is 1.82. The molecule has 0 unspecified atom stereocenters. The number of nitrogens with one attached hydrogen (secondary N) is 2. The summed E-state index contributed by atoms with van der Waals surface area (Å²) in [6.07, 6.45) is 0.788. The van der Waals surface area contributed by atoms with E-state index in [2.05, 4.69) is 10.6 Å².